The third-order valence-electron chi connectivity index (χ3n) is 4.50. The number of fused-ring (bicyclic) bond motifs is 1. The number of hydrogen-bond donors (Lipinski definition) is 2. The minimum absolute atomic E-state index is 0.111. The first-order chi connectivity index (χ1) is 13.6. The Morgan fingerprint density at radius 2 is 1.43 bits per heavy atom. The van der Waals surface area contributed by atoms with Gasteiger partial charge in [-0.2, -0.15) is 0 Å². The van der Waals surface area contributed by atoms with Gasteiger partial charge in [-0.15, -0.1) is 0 Å². The van der Waals surface area contributed by atoms with Crippen LogP contribution in [0.5, 0.6) is 0 Å². The van der Waals surface area contributed by atoms with E-state index in [9.17, 15) is 14.4 Å². The van der Waals surface area contributed by atoms with Crippen molar-refractivity contribution in [3.8, 4) is 0 Å². The second kappa shape index (κ2) is 7.36. The van der Waals surface area contributed by atoms with Gasteiger partial charge in [-0.1, -0.05) is 42.5 Å². The molecule has 0 saturated carbocycles. The molecule has 3 aromatic rings. The predicted molar refractivity (Wildman–Crippen MR) is 105 cm³/mol. The highest BCUT2D eigenvalue weighted by Crippen LogP contribution is 2.24. The summed E-state index contributed by atoms with van der Waals surface area (Å²) >= 11 is 0. The molecule has 1 aliphatic rings. The Bertz CT molecular complexity index is 1030. The summed E-state index contributed by atoms with van der Waals surface area (Å²) in [5.74, 6) is -0.949. The molecule has 1 heterocycles. The Hall–Kier alpha value is -3.93. The van der Waals surface area contributed by atoms with Gasteiger partial charge in [0.25, 0.3) is 17.7 Å². The molecule has 0 spiro atoms. The van der Waals surface area contributed by atoms with E-state index in [2.05, 4.69) is 10.9 Å². The maximum atomic E-state index is 12.5. The van der Waals surface area contributed by atoms with Gasteiger partial charge in [0, 0.05) is 5.56 Å². The molecule has 0 unspecified atom stereocenters. The molecule has 4 rings (SSSR count). The summed E-state index contributed by atoms with van der Waals surface area (Å²) in [7, 11) is 0. The fraction of sp³-hybridized carbons (Fsp3) is 0.0455. The molecule has 0 aliphatic carbocycles. The van der Waals surface area contributed by atoms with E-state index in [-0.39, 0.29) is 24.3 Å². The number of carbonyl (C=O) groups is 3. The van der Waals surface area contributed by atoms with E-state index in [0.717, 1.165) is 5.69 Å². The highest BCUT2D eigenvalue weighted by atomic mass is 16.2. The van der Waals surface area contributed by atoms with Crippen LogP contribution in [0.3, 0.4) is 0 Å². The smallest absolute Gasteiger partial charge is 0.269 e. The molecular weight excluding hydrogens is 354 g/mol. The van der Waals surface area contributed by atoms with Gasteiger partial charge in [0.05, 0.1) is 23.4 Å². The lowest BCUT2D eigenvalue weighted by Crippen LogP contribution is -2.30. The second-order valence-electron chi connectivity index (χ2n) is 6.39. The number of amides is 3. The van der Waals surface area contributed by atoms with E-state index in [1.54, 1.807) is 48.5 Å². The van der Waals surface area contributed by atoms with E-state index >= 15 is 0 Å². The summed E-state index contributed by atoms with van der Waals surface area (Å²) in [5, 5.41) is 0. The second-order valence-corrected chi connectivity index (χ2v) is 6.39. The van der Waals surface area contributed by atoms with Crippen LogP contribution in [0.25, 0.3) is 0 Å². The lowest BCUT2D eigenvalue weighted by molar-refractivity contribution is 0.0642. The Kier molecular flexibility index (Phi) is 4.60. The number of hydrazine groups is 1. The molecule has 3 aromatic carbocycles. The standard InChI is InChI=1S/C22H17N3O3/c26-20(24-23-17-9-2-1-3-10-17)16-8-6-7-15(13-16)14-25-21(27)18-11-4-5-12-19(18)22(25)28/h1-13,23H,14H2,(H,24,26). The number of hydrogen-bond acceptors (Lipinski definition) is 4. The number of anilines is 1. The van der Waals surface area contributed by atoms with Crippen LogP contribution in [-0.2, 0) is 6.54 Å². The van der Waals surface area contributed by atoms with Gasteiger partial charge in [0.2, 0.25) is 0 Å². The Morgan fingerprint density at radius 1 is 0.786 bits per heavy atom. The lowest BCUT2D eigenvalue weighted by Gasteiger charge is -2.15. The van der Waals surface area contributed by atoms with Gasteiger partial charge in [-0.05, 0) is 42.0 Å². The van der Waals surface area contributed by atoms with Crippen LogP contribution in [-0.4, -0.2) is 22.6 Å². The van der Waals surface area contributed by atoms with Gasteiger partial charge in [0.1, 0.15) is 0 Å². The van der Waals surface area contributed by atoms with Gasteiger partial charge >= 0.3 is 0 Å². The van der Waals surface area contributed by atoms with Crippen LogP contribution in [0.1, 0.15) is 36.6 Å². The molecule has 3 amide bonds. The van der Waals surface area contributed by atoms with E-state index < -0.39 is 0 Å². The van der Waals surface area contributed by atoms with Crippen molar-refractivity contribution in [3.05, 3.63) is 101 Å². The first kappa shape index (κ1) is 17.5. The fourth-order valence-electron chi connectivity index (χ4n) is 3.10. The van der Waals surface area contributed by atoms with Crippen molar-refractivity contribution < 1.29 is 14.4 Å². The van der Waals surface area contributed by atoms with Crippen molar-refractivity contribution in [2.75, 3.05) is 5.43 Å². The van der Waals surface area contributed by atoms with E-state index in [1.807, 2.05) is 30.3 Å². The van der Waals surface area contributed by atoms with Gasteiger partial charge in [0.15, 0.2) is 0 Å². The minimum Gasteiger partial charge on any atom is -0.298 e. The Balaban J connectivity index is 1.46. The van der Waals surface area contributed by atoms with Gasteiger partial charge in [-0.3, -0.25) is 30.1 Å². The van der Waals surface area contributed by atoms with Crippen LogP contribution in [0.2, 0.25) is 0 Å². The topological polar surface area (TPSA) is 78.5 Å². The maximum Gasteiger partial charge on any atom is 0.269 e. The molecule has 28 heavy (non-hydrogen) atoms. The van der Waals surface area contributed by atoms with E-state index in [1.165, 1.54) is 4.90 Å². The molecule has 0 fully saturated rings. The third-order valence-corrected chi connectivity index (χ3v) is 4.50. The predicted octanol–water partition coefficient (Wildman–Crippen LogP) is 3.24. The zero-order valence-electron chi connectivity index (χ0n) is 14.9. The van der Waals surface area contributed by atoms with Crippen LogP contribution in [0.15, 0.2) is 78.9 Å². The van der Waals surface area contributed by atoms with Crippen molar-refractivity contribution in [1.82, 2.24) is 10.3 Å². The summed E-state index contributed by atoms with van der Waals surface area (Å²) in [4.78, 5) is 38.6. The van der Waals surface area contributed by atoms with Gasteiger partial charge < -0.3 is 0 Å². The lowest BCUT2D eigenvalue weighted by atomic mass is 10.1. The molecule has 1 aliphatic heterocycles. The Morgan fingerprint density at radius 3 is 2.11 bits per heavy atom. The van der Waals surface area contributed by atoms with Crippen molar-refractivity contribution in [2.24, 2.45) is 0 Å². The summed E-state index contributed by atoms with van der Waals surface area (Å²) in [6.07, 6.45) is 0. The van der Waals surface area contributed by atoms with Crippen LogP contribution < -0.4 is 10.9 Å². The number of nitrogens with zero attached hydrogens (tertiary/aromatic N) is 1. The molecule has 0 bridgehead atoms. The zero-order chi connectivity index (χ0) is 19.5. The fourth-order valence-corrected chi connectivity index (χ4v) is 3.10. The summed E-state index contributed by atoms with van der Waals surface area (Å²) in [5.41, 5.74) is 8.18. The minimum atomic E-state index is -0.318. The van der Waals surface area contributed by atoms with Crippen molar-refractivity contribution >= 4 is 23.4 Å². The summed E-state index contributed by atoms with van der Waals surface area (Å²) < 4.78 is 0. The molecule has 6 heteroatoms. The highest BCUT2D eigenvalue weighted by molar-refractivity contribution is 6.21. The third kappa shape index (κ3) is 3.35. The van der Waals surface area contributed by atoms with Crippen molar-refractivity contribution in [2.45, 2.75) is 6.54 Å². The van der Waals surface area contributed by atoms with Crippen molar-refractivity contribution in [3.63, 3.8) is 0 Å². The molecule has 0 radical (unpaired) electrons. The molecular formula is C22H17N3O3. The van der Waals surface area contributed by atoms with E-state index in [4.69, 9.17) is 0 Å². The molecule has 2 N–H and O–H groups in total. The summed E-state index contributed by atoms with van der Waals surface area (Å²) in [6, 6.07) is 22.9. The maximum absolute atomic E-state index is 12.5. The number of nitrogens with one attached hydrogen (secondary N) is 2. The number of para-hydroxylation sites is 1. The number of benzene rings is 3. The van der Waals surface area contributed by atoms with Crippen LogP contribution in [0.4, 0.5) is 5.69 Å². The first-order valence-corrected chi connectivity index (χ1v) is 8.79. The van der Waals surface area contributed by atoms with E-state index in [0.29, 0.717) is 22.3 Å². The molecule has 6 nitrogen and oxygen atoms in total. The molecule has 138 valence electrons. The highest BCUT2D eigenvalue weighted by Gasteiger charge is 2.34. The molecule has 0 aromatic heterocycles. The number of carbonyl (C=O) groups excluding carboxylic acids is 3. The largest absolute Gasteiger partial charge is 0.298 e. The zero-order valence-corrected chi connectivity index (χ0v) is 14.9. The monoisotopic (exact) mass is 371 g/mol. The average molecular weight is 371 g/mol. The summed E-state index contributed by atoms with van der Waals surface area (Å²) in [6.45, 7) is 0.111. The van der Waals surface area contributed by atoms with Crippen LogP contribution in [0, 0.1) is 0 Å². The van der Waals surface area contributed by atoms with Crippen LogP contribution >= 0.6 is 0 Å². The van der Waals surface area contributed by atoms with Gasteiger partial charge in [-0.25, -0.2) is 0 Å². The molecule has 0 saturated heterocycles. The average Bonchev–Trinajstić information content (AvgIpc) is 2.98. The quantitative estimate of drug-likeness (QED) is 0.533. The molecule has 0 atom stereocenters. The normalized spacial score (nSPS) is 12.6. The number of imide groups is 1. The number of rotatable bonds is 5. The first-order valence-electron chi connectivity index (χ1n) is 8.79. The van der Waals surface area contributed by atoms with Crippen molar-refractivity contribution in [1.29, 1.82) is 0 Å². The Labute approximate surface area is 161 Å². The SMILES string of the molecule is O=C(NNc1ccccc1)c1cccc(CN2C(=O)c3ccccc3C2=O)c1.